The van der Waals surface area contributed by atoms with Crippen LogP contribution in [0.25, 0.3) is 0 Å². The lowest BCUT2D eigenvalue weighted by Crippen LogP contribution is -2.43. The molecule has 0 aliphatic carbocycles. The minimum Gasteiger partial charge on any atom is -0.312 e. The van der Waals surface area contributed by atoms with Gasteiger partial charge in [0.25, 0.3) is 5.91 Å². The maximum absolute atomic E-state index is 12.4. The fourth-order valence-electron chi connectivity index (χ4n) is 4.47. The molecule has 3 aliphatic rings. The molecule has 6 heteroatoms. The molecule has 6 nitrogen and oxygen atoms in total. The number of pyridine rings is 1. The van der Waals surface area contributed by atoms with Gasteiger partial charge in [-0.3, -0.25) is 19.6 Å². The third-order valence-corrected chi connectivity index (χ3v) is 5.88. The Labute approximate surface area is 142 Å². The van der Waals surface area contributed by atoms with E-state index in [-0.39, 0.29) is 23.4 Å². The van der Waals surface area contributed by atoms with Gasteiger partial charge in [-0.05, 0) is 56.8 Å². The summed E-state index contributed by atoms with van der Waals surface area (Å²) in [6.07, 6.45) is 4.79. The van der Waals surface area contributed by atoms with E-state index in [1.807, 2.05) is 30.2 Å². The number of fused-ring (bicyclic) bond motifs is 1. The molecule has 0 saturated carbocycles. The molecule has 1 spiro atoms. The Bertz CT molecular complexity index is 614. The summed E-state index contributed by atoms with van der Waals surface area (Å²) in [6, 6.07) is 5.73. The second-order valence-electron chi connectivity index (χ2n) is 7.31. The van der Waals surface area contributed by atoms with E-state index in [1.165, 1.54) is 4.90 Å². The molecule has 3 aliphatic heterocycles. The Hall–Kier alpha value is -1.95. The summed E-state index contributed by atoms with van der Waals surface area (Å²) in [5, 5.41) is 0. The molecular weight excluding hydrogens is 304 g/mol. The van der Waals surface area contributed by atoms with Crippen LogP contribution < -0.4 is 0 Å². The molecule has 1 atom stereocenters. The number of aromatic nitrogens is 1. The highest BCUT2D eigenvalue weighted by atomic mass is 16.2. The normalized spacial score (nSPS) is 26.5. The van der Waals surface area contributed by atoms with Crippen molar-refractivity contribution in [2.75, 3.05) is 26.2 Å². The van der Waals surface area contributed by atoms with Crippen LogP contribution in [-0.4, -0.2) is 63.8 Å². The Morgan fingerprint density at radius 1 is 1.25 bits per heavy atom. The van der Waals surface area contributed by atoms with E-state index < -0.39 is 0 Å². The molecule has 3 amide bonds. The number of carbonyl (C=O) groups is 2. The smallest absolute Gasteiger partial charge is 0.312 e. The zero-order valence-corrected chi connectivity index (χ0v) is 14.1. The van der Waals surface area contributed by atoms with Gasteiger partial charge in [0.05, 0.1) is 5.69 Å². The molecule has 128 valence electrons. The number of amides is 3. The van der Waals surface area contributed by atoms with Crippen LogP contribution in [0.1, 0.15) is 31.9 Å². The van der Waals surface area contributed by atoms with Gasteiger partial charge in [0.15, 0.2) is 0 Å². The number of piperidine rings is 1. The molecule has 0 radical (unpaired) electrons. The number of urea groups is 1. The third-order valence-electron chi connectivity index (χ3n) is 5.88. The van der Waals surface area contributed by atoms with Crippen LogP contribution in [0.5, 0.6) is 0 Å². The van der Waals surface area contributed by atoms with Crippen LogP contribution in [0.3, 0.4) is 0 Å². The first kappa shape index (κ1) is 15.6. The molecular formula is C18H24N4O2. The van der Waals surface area contributed by atoms with Crippen molar-refractivity contribution in [3.63, 3.8) is 0 Å². The lowest BCUT2D eigenvalue weighted by molar-refractivity contribution is -0.128. The van der Waals surface area contributed by atoms with E-state index in [9.17, 15) is 9.59 Å². The second kappa shape index (κ2) is 5.84. The van der Waals surface area contributed by atoms with Crippen molar-refractivity contribution in [2.24, 2.45) is 5.41 Å². The Kier molecular flexibility index (Phi) is 3.79. The lowest BCUT2D eigenvalue weighted by Gasteiger charge is -2.39. The molecule has 1 aromatic rings. The third kappa shape index (κ3) is 2.49. The zero-order chi connectivity index (χ0) is 16.7. The first-order chi connectivity index (χ1) is 11.6. The highest BCUT2D eigenvalue weighted by molar-refractivity contribution is 6.04. The number of rotatable bonds is 3. The van der Waals surface area contributed by atoms with Gasteiger partial charge in [-0.25, -0.2) is 4.79 Å². The lowest BCUT2D eigenvalue weighted by atomic mass is 9.76. The summed E-state index contributed by atoms with van der Waals surface area (Å²) < 4.78 is 0. The van der Waals surface area contributed by atoms with Crippen LogP contribution in [-0.2, 0) is 11.3 Å². The summed E-state index contributed by atoms with van der Waals surface area (Å²) in [7, 11) is 0. The largest absolute Gasteiger partial charge is 0.327 e. The number of hydrogen-bond donors (Lipinski definition) is 0. The fraction of sp³-hybridized carbons (Fsp3) is 0.611. The van der Waals surface area contributed by atoms with Gasteiger partial charge in [0.1, 0.15) is 6.04 Å². The van der Waals surface area contributed by atoms with E-state index >= 15 is 0 Å². The summed E-state index contributed by atoms with van der Waals surface area (Å²) in [6.45, 7) is 6.00. The average molecular weight is 328 g/mol. The van der Waals surface area contributed by atoms with E-state index in [4.69, 9.17) is 0 Å². The van der Waals surface area contributed by atoms with E-state index in [0.29, 0.717) is 6.54 Å². The molecule has 24 heavy (non-hydrogen) atoms. The van der Waals surface area contributed by atoms with Crippen LogP contribution in [0, 0.1) is 5.41 Å². The Balaban J connectivity index is 1.38. The van der Waals surface area contributed by atoms with Gasteiger partial charge in [-0.15, -0.1) is 0 Å². The fourth-order valence-corrected chi connectivity index (χ4v) is 4.47. The standard InChI is InChI=1S/C18H24N4O2/c1-2-21-16(23)15-11-18(13-22(15)17(21)24)6-9-20(10-7-18)12-14-5-3-4-8-19-14/h3-5,8,15H,2,6-7,9-13H2,1H3. The number of imide groups is 1. The highest BCUT2D eigenvalue weighted by Crippen LogP contribution is 2.46. The van der Waals surface area contributed by atoms with Gasteiger partial charge in [0, 0.05) is 25.8 Å². The Morgan fingerprint density at radius 3 is 2.67 bits per heavy atom. The molecule has 0 aromatic carbocycles. The SMILES string of the molecule is CCN1C(=O)C2CC3(CCN(Cc4ccccn4)CC3)CN2C1=O. The van der Waals surface area contributed by atoms with Gasteiger partial charge >= 0.3 is 6.03 Å². The van der Waals surface area contributed by atoms with E-state index in [2.05, 4.69) is 16.0 Å². The summed E-state index contributed by atoms with van der Waals surface area (Å²) in [5.41, 5.74) is 1.24. The van der Waals surface area contributed by atoms with Gasteiger partial charge in [0.2, 0.25) is 0 Å². The van der Waals surface area contributed by atoms with Crippen molar-refractivity contribution >= 4 is 11.9 Å². The number of likely N-dealkylation sites (tertiary alicyclic amines) is 1. The predicted octanol–water partition coefficient (Wildman–Crippen LogP) is 1.72. The molecule has 4 rings (SSSR count). The second-order valence-corrected chi connectivity index (χ2v) is 7.31. The van der Waals surface area contributed by atoms with Gasteiger partial charge in [-0.2, -0.15) is 0 Å². The average Bonchev–Trinajstić information content (AvgIpc) is 3.07. The van der Waals surface area contributed by atoms with Crippen molar-refractivity contribution in [3.8, 4) is 0 Å². The van der Waals surface area contributed by atoms with Crippen LogP contribution >= 0.6 is 0 Å². The quantitative estimate of drug-likeness (QED) is 0.793. The number of carbonyl (C=O) groups excluding carboxylic acids is 2. The molecule has 3 saturated heterocycles. The maximum atomic E-state index is 12.4. The maximum Gasteiger partial charge on any atom is 0.327 e. The summed E-state index contributed by atoms with van der Waals surface area (Å²) in [4.78, 5) is 34.8. The number of nitrogens with zero attached hydrogens (tertiary/aromatic N) is 4. The van der Waals surface area contributed by atoms with Crippen molar-refractivity contribution < 1.29 is 9.59 Å². The topological polar surface area (TPSA) is 56.8 Å². The molecule has 4 heterocycles. The molecule has 1 unspecified atom stereocenters. The van der Waals surface area contributed by atoms with E-state index in [0.717, 1.165) is 51.1 Å². The van der Waals surface area contributed by atoms with Crippen LogP contribution in [0.4, 0.5) is 4.79 Å². The van der Waals surface area contributed by atoms with E-state index in [1.54, 1.807) is 0 Å². The number of hydrogen-bond acceptors (Lipinski definition) is 4. The van der Waals surface area contributed by atoms with Crippen molar-refractivity contribution in [3.05, 3.63) is 30.1 Å². The minimum absolute atomic E-state index is 0.00953. The molecule has 3 fully saturated rings. The van der Waals surface area contributed by atoms with Crippen molar-refractivity contribution in [1.29, 1.82) is 0 Å². The zero-order valence-electron chi connectivity index (χ0n) is 14.1. The first-order valence-corrected chi connectivity index (χ1v) is 8.86. The number of likely N-dealkylation sites (N-methyl/N-ethyl adjacent to an activating group) is 1. The van der Waals surface area contributed by atoms with Crippen molar-refractivity contribution in [1.82, 2.24) is 19.7 Å². The van der Waals surface area contributed by atoms with Gasteiger partial charge < -0.3 is 4.90 Å². The van der Waals surface area contributed by atoms with Crippen LogP contribution in [0.2, 0.25) is 0 Å². The highest BCUT2D eigenvalue weighted by Gasteiger charge is 2.55. The predicted molar refractivity (Wildman–Crippen MR) is 89.1 cm³/mol. The minimum atomic E-state index is -0.209. The Morgan fingerprint density at radius 2 is 2.04 bits per heavy atom. The first-order valence-electron chi connectivity index (χ1n) is 8.86. The molecule has 0 N–H and O–H groups in total. The summed E-state index contributed by atoms with van der Waals surface area (Å²) in [5.74, 6) is 0.00953. The monoisotopic (exact) mass is 328 g/mol. The summed E-state index contributed by atoms with van der Waals surface area (Å²) >= 11 is 0. The van der Waals surface area contributed by atoms with Crippen molar-refractivity contribution in [2.45, 2.75) is 38.8 Å². The molecule has 0 bridgehead atoms. The van der Waals surface area contributed by atoms with Crippen LogP contribution in [0.15, 0.2) is 24.4 Å². The molecule has 1 aromatic heterocycles. The van der Waals surface area contributed by atoms with Gasteiger partial charge in [-0.1, -0.05) is 6.07 Å².